The average molecular weight is 249 g/mol. The molecule has 0 saturated carbocycles. The van der Waals surface area contributed by atoms with Crippen LogP contribution in [0.1, 0.15) is 26.3 Å². The quantitative estimate of drug-likeness (QED) is 0.828. The van der Waals surface area contributed by atoms with E-state index in [4.69, 9.17) is 11.6 Å². The Labute approximate surface area is 103 Å². The molecule has 0 aliphatic rings. The highest BCUT2D eigenvalue weighted by Crippen LogP contribution is 2.11. The molecule has 1 aromatic heterocycles. The van der Waals surface area contributed by atoms with Crippen molar-refractivity contribution in [2.24, 2.45) is 5.92 Å². The Kier molecular flexibility index (Phi) is 6.90. The van der Waals surface area contributed by atoms with Gasteiger partial charge in [0.05, 0.1) is 0 Å². The third-order valence-electron chi connectivity index (χ3n) is 2.45. The van der Waals surface area contributed by atoms with Gasteiger partial charge in [-0.05, 0) is 18.9 Å². The van der Waals surface area contributed by atoms with Crippen LogP contribution >= 0.6 is 24.0 Å². The molecular weight excluding hydrogens is 231 g/mol. The van der Waals surface area contributed by atoms with E-state index in [0.29, 0.717) is 17.1 Å². The molecule has 0 aliphatic carbocycles. The lowest BCUT2D eigenvalue weighted by Gasteiger charge is -2.17. The fourth-order valence-corrected chi connectivity index (χ4v) is 1.24. The Morgan fingerprint density at radius 1 is 1.40 bits per heavy atom. The van der Waals surface area contributed by atoms with Gasteiger partial charge in [-0.3, -0.25) is 0 Å². The van der Waals surface area contributed by atoms with Crippen LogP contribution in [0.3, 0.4) is 0 Å². The SMILES string of the molecule is CC(C)C(C)NCc1cccnc1Cl.Cl. The zero-order valence-electron chi connectivity index (χ0n) is 9.33. The molecule has 0 amide bonds. The lowest BCUT2D eigenvalue weighted by Crippen LogP contribution is -2.30. The van der Waals surface area contributed by atoms with Crippen molar-refractivity contribution in [3.05, 3.63) is 29.0 Å². The molecule has 0 bridgehead atoms. The van der Waals surface area contributed by atoms with Crippen LogP contribution in [0, 0.1) is 5.92 Å². The number of aromatic nitrogens is 1. The van der Waals surface area contributed by atoms with Gasteiger partial charge in [0.2, 0.25) is 0 Å². The van der Waals surface area contributed by atoms with Crippen LogP contribution in [0.5, 0.6) is 0 Å². The highest BCUT2D eigenvalue weighted by molar-refractivity contribution is 6.30. The Bertz CT molecular complexity index is 290. The molecule has 86 valence electrons. The first kappa shape index (κ1) is 14.7. The second kappa shape index (κ2) is 7.04. The molecule has 4 heteroatoms. The van der Waals surface area contributed by atoms with E-state index in [1.807, 2.05) is 12.1 Å². The van der Waals surface area contributed by atoms with Gasteiger partial charge in [0.1, 0.15) is 5.15 Å². The van der Waals surface area contributed by atoms with Crippen molar-refractivity contribution < 1.29 is 0 Å². The number of hydrogen-bond donors (Lipinski definition) is 1. The van der Waals surface area contributed by atoms with Crippen molar-refractivity contribution >= 4 is 24.0 Å². The van der Waals surface area contributed by atoms with Crippen molar-refractivity contribution in [2.75, 3.05) is 0 Å². The number of hydrogen-bond acceptors (Lipinski definition) is 2. The van der Waals surface area contributed by atoms with Crippen LogP contribution in [-0.2, 0) is 6.54 Å². The number of nitrogens with one attached hydrogen (secondary N) is 1. The van der Waals surface area contributed by atoms with E-state index < -0.39 is 0 Å². The van der Waals surface area contributed by atoms with Crippen molar-refractivity contribution in [2.45, 2.75) is 33.4 Å². The second-order valence-electron chi connectivity index (χ2n) is 3.87. The summed E-state index contributed by atoms with van der Waals surface area (Å²) in [4.78, 5) is 4.03. The van der Waals surface area contributed by atoms with E-state index in [-0.39, 0.29) is 12.4 Å². The van der Waals surface area contributed by atoms with E-state index in [1.54, 1.807) is 6.20 Å². The summed E-state index contributed by atoms with van der Waals surface area (Å²) in [5.41, 5.74) is 1.06. The van der Waals surface area contributed by atoms with Crippen molar-refractivity contribution in [1.82, 2.24) is 10.3 Å². The molecule has 15 heavy (non-hydrogen) atoms. The molecule has 1 heterocycles. The summed E-state index contributed by atoms with van der Waals surface area (Å²) in [5.74, 6) is 0.630. The van der Waals surface area contributed by atoms with E-state index in [9.17, 15) is 0 Å². The Hall–Kier alpha value is -0.310. The highest BCUT2D eigenvalue weighted by atomic mass is 35.5. The number of pyridine rings is 1. The molecule has 0 aliphatic heterocycles. The summed E-state index contributed by atoms with van der Waals surface area (Å²) < 4.78 is 0. The van der Waals surface area contributed by atoms with Gasteiger partial charge in [0.25, 0.3) is 0 Å². The van der Waals surface area contributed by atoms with Gasteiger partial charge in [-0.2, -0.15) is 0 Å². The summed E-state index contributed by atoms with van der Waals surface area (Å²) >= 11 is 5.94. The predicted molar refractivity (Wildman–Crippen MR) is 67.6 cm³/mol. The summed E-state index contributed by atoms with van der Waals surface area (Å²) in [6, 6.07) is 4.39. The fourth-order valence-electron chi connectivity index (χ4n) is 1.06. The van der Waals surface area contributed by atoms with Crippen molar-refractivity contribution in [3.8, 4) is 0 Å². The monoisotopic (exact) mass is 248 g/mol. The molecule has 1 atom stereocenters. The lowest BCUT2D eigenvalue weighted by molar-refractivity contribution is 0.426. The Morgan fingerprint density at radius 2 is 2.07 bits per heavy atom. The average Bonchev–Trinajstić information content (AvgIpc) is 2.16. The summed E-state index contributed by atoms with van der Waals surface area (Å²) in [6.07, 6.45) is 1.71. The first-order valence-electron chi connectivity index (χ1n) is 4.94. The minimum absolute atomic E-state index is 0. The summed E-state index contributed by atoms with van der Waals surface area (Å²) in [5, 5.41) is 4.01. The second-order valence-corrected chi connectivity index (χ2v) is 4.22. The van der Waals surface area contributed by atoms with Crippen LogP contribution in [0.15, 0.2) is 18.3 Å². The van der Waals surface area contributed by atoms with E-state index >= 15 is 0 Å². The number of nitrogens with zero attached hydrogens (tertiary/aromatic N) is 1. The molecule has 0 fully saturated rings. The third-order valence-corrected chi connectivity index (χ3v) is 2.79. The Morgan fingerprint density at radius 3 is 2.60 bits per heavy atom. The van der Waals surface area contributed by atoms with Crippen LogP contribution in [0.25, 0.3) is 0 Å². The lowest BCUT2D eigenvalue weighted by atomic mass is 10.1. The standard InChI is InChI=1S/C11H17ClN2.ClH/c1-8(2)9(3)14-7-10-5-4-6-13-11(10)12;/h4-6,8-9,14H,7H2,1-3H3;1H. The highest BCUT2D eigenvalue weighted by Gasteiger charge is 2.07. The first-order valence-corrected chi connectivity index (χ1v) is 5.32. The molecule has 0 spiro atoms. The van der Waals surface area contributed by atoms with Crippen LogP contribution in [-0.4, -0.2) is 11.0 Å². The van der Waals surface area contributed by atoms with Gasteiger partial charge in [-0.15, -0.1) is 12.4 Å². The maximum atomic E-state index is 5.94. The summed E-state index contributed by atoms with van der Waals surface area (Å²) in [7, 11) is 0. The zero-order valence-corrected chi connectivity index (χ0v) is 10.9. The minimum Gasteiger partial charge on any atom is -0.310 e. The van der Waals surface area contributed by atoms with Crippen LogP contribution in [0.2, 0.25) is 5.15 Å². The zero-order chi connectivity index (χ0) is 10.6. The predicted octanol–water partition coefficient (Wildman–Crippen LogP) is 3.29. The fraction of sp³-hybridized carbons (Fsp3) is 0.545. The maximum Gasteiger partial charge on any atom is 0.133 e. The van der Waals surface area contributed by atoms with Gasteiger partial charge < -0.3 is 5.32 Å². The van der Waals surface area contributed by atoms with E-state index in [2.05, 4.69) is 31.1 Å². The van der Waals surface area contributed by atoms with Gasteiger partial charge in [0, 0.05) is 24.3 Å². The molecule has 1 unspecified atom stereocenters. The van der Waals surface area contributed by atoms with Gasteiger partial charge in [-0.25, -0.2) is 4.98 Å². The minimum atomic E-state index is 0. The van der Waals surface area contributed by atoms with Gasteiger partial charge in [-0.1, -0.05) is 31.5 Å². The normalized spacial score (nSPS) is 12.3. The third kappa shape index (κ3) is 4.83. The molecule has 1 aromatic rings. The summed E-state index contributed by atoms with van der Waals surface area (Å²) in [6.45, 7) is 7.35. The van der Waals surface area contributed by atoms with Crippen LogP contribution < -0.4 is 5.32 Å². The topological polar surface area (TPSA) is 24.9 Å². The maximum absolute atomic E-state index is 5.94. The van der Waals surface area contributed by atoms with E-state index in [1.165, 1.54) is 0 Å². The Balaban J connectivity index is 0.00000196. The molecule has 1 rings (SSSR count). The molecule has 0 radical (unpaired) electrons. The number of halogens is 2. The molecule has 0 saturated heterocycles. The molecule has 2 nitrogen and oxygen atoms in total. The van der Waals surface area contributed by atoms with E-state index in [0.717, 1.165) is 12.1 Å². The smallest absolute Gasteiger partial charge is 0.133 e. The van der Waals surface area contributed by atoms with Gasteiger partial charge >= 0.3 is 0 Å². The van der Waals surface area contributed by atoms with Crippen LogP contribution in [0.4, 0.5) is 0 Å². The largest absolute Gasteiger partial charge is 0.310 e. The molecule has 1 N–H and O–H groups in total. The number of rotatable bonds is 4. The first-order chi connectivity index (χ1) is 6.61. The molecule has 0 aromatic carbocycles. The molecular formula is C11H18Cl2N2. The van der Waals surface area contributed by atoms with Crippen molar-refractivity contribution in [1.29, 1.82) is 0 Å². The van der Waals surface area contributed by atoms with Gasteiger partial charge in [0.15, 0.2) is 0 Å². The van der Waals surface area contributed by atoms with Crippen molar-refractivity contribution in [3.63, 3.8) is 0 Å².